The van der Waals surface area contributed by atoms with E-state index >= 15 is 0 Å². The van der Waals surface area contributed by atoms with Crippen molar-refractivity contribution in [3.8, 4) is 11.5 Å². The molecule has 0 aliphatic heterocycles. The molecule has 0 radical (unpaired) electrons. The minimum atomic E-state index is -0.216. The van der Waals surface area contributed by atoms with E-state index in [0.717, 1.165) is 54.3 Å². The molecule has 3 aromatic carbocycles. The maximum atomic E-state index is 13.1. The molecule has 5 rings (SSSR count). The standard InChI is InChI=1S/C34H37Cl2N7O2.ClH/c1-4-42(18-16-35)27-11-6-23(7-12-27)33(44)38-26-21-31(41(3)22-26)32-39-29-15-8-24(20-30(29)40-32)34(45)37-25-9-13-28(14-10-25)43(5-2)19-17-36;/h6-15,20-22H,4-5,16-19H2,1-3H3,(H,37,45)(H,38,44)(H,39,40);1H. The summed E-state index contributed by atoms with van der Waals surface area (Å²) in [6.07, 6.45) is 1.84. The molecule has 0 bridgehead atoms. The monoisotopic (exact) mass is 681 g/mol. The minimum absolute atomic E-state index is 0. The zero-order valence-electron chi connectivity index (χ0n) is 26.0. The fourth-order valence-corrected chi connectivity index (χ4v) is 5.68. The molecule has 0 fully saturated rings. The first-order chi connectivity index (χ1) is 21.8. The Morgan fingerprint density at radius 3 is 1.91 bits per heavy atom. The predicted octanol–water partition coefficient (Wildman–Crippen LogP) is 7.63. The number of amides is 2. The number of hydrogen-bond acceptors (Lipinski definition) is 5. The second-order valence-electron chi connectivity index (χ2n) is 10.6. The Hall–Kier alpha value is -4.18. The van der Waals surface area contributed by atoms with Crippen molar-refractivity contribution in [1.29, 1.82) is 0 Å². The maximum absolute atomic E-state index is 13.1. The third-order valence-electron chi connectivity index (χ3n) is 7.71. The van der Waals surface area contributed by atoms with Gasteiger partial charge in [-0.3, -0.25) is 9.59 Å². The number of nitrogens with one attached hydrogen (secondary N) is 3. The lowest BCUT2D eigenvalue weighted by molar-refractivity contribution is 0.101. The highest BCUT2D eigenvalue weighted by molar-refractivity contribution is 6.18. The number of anilines is 4. The van der Waals surface area contributed by atoms with Crippen LogP contribution in [0, 0.1) is 0 Å². The molecule has 0 saturated heterocycles. The van der Waals surface area contributed by atoms with Gasteiger partial charge in [0.2, 0.25) is 0 Å². The van der Waals surface area contributed by atoms with E-state index in [0.29, 0.717) is 40.1 Å². The Morgan fingerprint density at radius 1 is 0.783 bits per heavy atom. The average Bonchev–Trinajstić information content (AvgIpc) is 3.65. The lowest BCUT2D eigenvalue weighted by atomic mass is 10.1. The summed E-state index contributed by atoms with van der Waals surface area (Å²) in [5, 5.41) is 5.95. The molecule has 2 aromatic heterocycles. The van der Waals surface area contributed by atoms with E-state index in [-0.39, 0.29) is 24.2 Å². The topological polar surface area (TPSA) is 98.3 Å². The molecule has 46 heavy (non-hydrogen) atoms. The zero-order valence-corrected chi connectivity index (χ0v) is 28.3. The molecular formula is C34H38Cl3N7O2. The van der Waals surface area contributed by atoms with Crippen LogP contribution in [0.25, 0.3) is 22.6 Å². The molecule has 12 heteroatoms. The second-order valence-corrected chi connectivity index (χ2v) is 11.3. The Morgan fingerprint density at radius 2 is 1.33 bits per heavy atom. The number of aromatic nitrogens is 3. The second kappa shape index (κ2) is 15.9. The number of hydrogen-bond donors (Lipinski definition) is 3. The Bertz CT molecular complexity index is 1770. The first-order valence-corrected chi connectivity index (χ1v) is 16.0. The smallest absolute Gasteiger partial charge is 0.255 e. The number of nitrogens with zero attached hydrogens (tertiary/aromatic N) is 4. The molecule has 5 aromatic rings. The zero-order chi connectivity index (χ0) is 31.9. The van der Waals surface area contributed by atoms with Crippen LogP contribution in [0.3, 0.4) is 0 Å². The van der Waals surface area contributed by atoms with Gasteiger partial charge in [0.25, 0.3) is 11.8 Å². The van der Waals surface area contributed by atoms with Gasteiger partial charge in [-0.2, -0.15) is 0 Å². The van der Waals surface area contributed by atoms with Crippen molar-refractivity contribution in [2.24, 2.45) is 7.05 Å². The highest BCUT2D eigenvalue weighted by atomic mass is 35.5. The molecular weight excluding hydrogens is 645 g/mol. The lowest BCUT2D eigenvalue weighted by Gasteiger charge is -2.22. The van der Waals surface area contributed by atoms with Gasteiger partial charge in [0.1, 0.15) is 0 Å². The van der Waals surface area contributed by atoms with E-state index in [9.17, 15) is 9.59 Å². The predicted molar refractivity (Wildman–Crippen MR) is 194 cm³/mol. The molecule has 0 atom stereocenters. The first kappa shape index (κ1) is 34.7. The first-order valence-electron chi connectivity index (χ1n) is 14.9. The third-order valence-corrected chi connectivity index (χ3v) is 8.04. The fourth-order valence-electron chi connectivity index (χ4n) is 5.27. The number of carbonyl (C=O) groups is 2. The van der Waals surface area contributed by atoms with Crippen LogP contribution in [0.1, 0.15) is 34.6 Å². The largest absolute Gasteiger partial charge is 0.371 e. The van der Waals surface area contributed by atoms with E-state index in [1.165, 1.54) is 0 Å². The van der Waals surface area contributed by atoms with Gasteiger partial charge >= 0.3 is 0 Å². The van der Waals surface area contributed by atoms with E-state index in [4.69, 9.17) is 28.2 Å². The van der Waals surface area contributed by atoms with Gasteiger partial charge in [-0.15, -0.1) is 35.6 Å². The molecule has 242 valence electrons. The molecule has 0 unspecified atom stereocenters. The van der Waals surface area contributed by atoms with Crippen molar-refractivity contribution in [1.82, 2.24) is 14.5 Å². The summed E-state index contributed by atoms with van der Waals surface area (Å²) in [5.41, 5.74) is 6.76. The van der Waals surface area contributed by atoms with Gasteiger partial charge in [0.05, 0.1) is 22.4 Å². The Balaban J connectivity index is 0.00000480. The molecule has 0 aliphatic rings. The SMILES string of the molecule is CCN(CCCl)c1ccc(NC(=O)c2ccc3nc(-c4cc(NC(=O)c5ccc(N(CC)CCCl)cc5)cn4C)[nH]c3c2)cc1.Cl. The molecule has 3 N–H and O–H groups in total. The minimum Gasteiger partial charge on any atom is -0.371 e. The third kappa shape index (κ3) is 7.96. The van der Waals surface area contributed by atoms with Crippen molar-refractivity contribution >= 4 is 81.2 Å². The van der Waals surface area contributed by atoms with Gasteiger partial charge in [0.15, 0.2) is 5.82 Å². The number of alkyl halides is 2. The van der Waals surface area contributed by atoms with E-state index in [1.807, 2.05) is 78.5 Å². The molecule has 0 saturated carbocycles. The molecule has 2 heterocycles. The number of aryl methyl sites for hydroxylation is 1. The highest BCUT2D eigenvalue weighted by Crippen LogP contribution is 2.26. The number of carbonyl (C=O) groups excluding carboxylic acids is 2. The number of benzene rings is 3. The molecule has 0 aliphatic carbocycles. The van der Waals surface area contributed by atoms with Crippen LogP contribution in [-0.4, -0.2) is 64.3 Å². The number of imidazole rings is 1. The Labute approximate surface area is 285 Å². The normalized spacial score (nSPS) is 10.8. The van der Waals surface area contributed by atoms with Crippen molar-refractivity contribution < 1.29 is 9.59 Å². The van der Waals surface area contributed by atoms with Crippen LogP contribution < -0.4 is 20.4 Å². The number of H-pyrrole nitrogens is 1. The van der Waals surface area contributed by atoms with Crippen molar-refractivity contribution in [2.45, 2.75) is 13.8 Å². The van der Waals surface area contributed by atoms with E-state index < -0.39 is 0 Å². The summed E-state index contributed by atoms with van der Waals surface area (Å²) < 4.78 is 1.89. The lowest BCUT2D eigenvalue weighted by Crippen LogP contribution is -2.24. The van der Waals surface area contributed by atoms with Gasteiger partial charge < -0.3 is 30.0 Å². The fraction of sp³-hybridized carbons (Fsp3) is 0.265. The van der Waals surface area contributed by atoms with Crippen molar-refractivity contribution in [2.75, 3.05) is 58.4 Å². The molecule has 9 nitrogen and oxygen atoms in total. The van der Waals surface area contributed by atoms with Crippen LogP contribution in [0.4, 0.5) is 22.7 Å². The van der Waals surface area contributed by atoms with E-state index in [2.05, 4.69) is 39.3 Å². The van der Waals surface area contributed by atoms with Gasteiger partial charge in [-0.25, -0.2) is 4.98 Å². The van der Waals surface area contributed by atoms with Gasteiger partial charge in [-0.05, 0) is 86.6 Å². The van der Waals surface area contributed by atoms with E-state index in [1.54, 1.807) is 12.1 Å². The summed E-state index contributed by atoms with van der Waals surface area (Å²) in [6, 6.07) is 22.5. The highest BCUT2D eigenvalue weighted by Gasteiger charge is 2.15. The molecule has 2 amide bonds. The average molecular weight is 683 g/mol. The van der Waals surface area contributed by atoms with Crippen LogP contribution >= 0.6 is 35.6 Å². The molecule has 0 spiro atoms. The number of aromatic amines is 1. The summed E-state index contributed by atoms with van der Waals surface area (Å²) in [7, 11) is 1.89. The van der Waals surface area contributed by atoms with Gasteiger partial charge in [-0.1, -0.05) is 0 Å². The number of rotatable bonds is 13. The van der Waals surface area contributed by atoms with Crippen LogP contribution in [-0.2, 0) is 7.05 Å². The summed E-state index contributed by atoms with van der Waals surface area (Å²) in [6.45, 7) is 7.35. The number of halogens is 3. The van der Waals surface area contributed by atoms with Crippen LogP contribution in [0.5, 0.6) is 0 Å². The maximum Gasteiger partial charge on any atom is 0.255 e. The van der Waals surface area contributed by atoms with Crippen LogP contribution in [0.2, 0.25) is 0 Å². The van der Waals surface area contributed by atoms with Gasteiger partial charge in [0, 0.05) is 79.4 Å². The summed E-state index contributed by atoms with van der Waals surface area (Å²) in [4.78, 5) is 38.4. The number of fused-ring (bicyclic) bond motifs is 1. The summed E-state index contributed by atoms with van der Waals surface area (Å²) in [5.74, 6) is 1.30. The quantitative estimate of drug-likeness (QED) is 0.111. The summed E-state index contributed by atoms with van der Waals surface area (Å²) >= 11 is 11.8. The van der Waals surface area contributed by atoms with Crippen molar-refractivity contribution in [3.63, 3.8) is 0 Å². The Kier molecular flexibility index (Phi) is 12.0. The van der Waals surface area contributed by atoms with Crippen LogP contribution in [0.15, 0.2) is 79.0 Å². The van der Waals surface area contributed by atoms with Crippen molar-refractivity contribution in [3.05, 3.63) is 90.1 Å².